The number of piperidine rings is 1. The molecule has 1 saturated heterocycles. The minimum Gasteiger partial charge on any atom is -0.465 e. The van der Waals surface area contributed by atoms with E-state index in [1.54, 1.807) is 11.0 Å². The third kappa shape index (κ3) is 5.86. The molecule has 1 amide bonds. The summed E-state index contributed by atoms with van der Waals surface area (Å²) in [6.07, 6.45) is 0.537. The second-order valence-electron chi connectivity index (χ2n) is 8.26. The van der Waals surface area contributed by atoms with E-state index < -0.39 is 27.9 Å². The highest BCUT2D eigenvalue weighted by atomic mass is 32.2. The van der Waals surface area contributed by atoms with Crippen LogP contribution in [-0.4, -0.2) is 74.4 Å². The van der Waals surface area contributed by atoms with Crippen molar-refractivity contribution in [1.82, 2.24) is 9.21 Å². The Morgan fingerprint density at radius 3 is 2.16 bits per heavy atom. The van der Waals surface area contributed by atoms with E-state index in [1.807, 2.05) is 27.7 Å². The Morgan fingerprint density at radius 2 is 1.62 bits per heavy atom. The van der Waals surface area contributed by atoms with E-state index in [9.17, 15) is 22.8 Å². The van der Waals surface area contributed by atoms with Crippen molar-refractivity contribution in [2.24, 2.45) is 5.92 Å². The van der Waals surface area contributed by atoms with E-state index in [0.29, 0.717) is 0 Å². The third-order valence-electron chi connectivity index (χ3n) is 5.44. The van der Waals surface area contributed by atoms with Crippen LogP contribution in [0.1, 0.15) is 50.9 Å². The number of hydrogen-bond acceptors (Lipinski definition) is 7. The first-order valence-electron chi connectivity index (χ1n) is 10.7. The molecular formula is C22H32N2O7S. The predicted molar refractivity (Wildman–Crippen MR) is 117 cm³/mol. The summed E-state index contributed by atoms with van der Waals surface area (Å²) in [5.41, 5.74) is -0.0325. The first kappa shape index (κ1) is 25.8. The molecule has 1 fully saturated rings. The number of hydrogen-bond donors (Lipinski definition) is 0. The molecule has 1 aromatic rings. The molecule has 0 atom stereocenters. The van der Waals surface area contributed by atoms with Gasteiger partial charge < -0.3 is 14.4 Å². The second kappa shape index (κ2) is 10.9. The minimum absolute atomic E-state index is 0.0116. The Labute approximate surface area is 189 Å². The lowest BCUT2D eigenvalue weighted by Gasteiger charge is -2.32. The Balaban J connectivity index is 1.99. The zero-order valence-electron chi connectivity index (χ0n) is 19.2. The lowest BCUT2D eigenvalue weighted by Crippen LogP contribution is -2.45. The van der Waals surface area contributed by atoms with E-state index in [0.717, 1.165) is 0 Å². The van der Waals surface area contributed by atoms with Gasteiger partial charge in [0.15, 0.2) is 6.61 Å². The third-order valence-corrected chi connectivity index (χ3v) is 7.39. The fourth-order valence-corrected chi connectivity index (χ4v) is 5.59. The van der Waals surface area contributed by atoms with Gasteiger partial charge in [0.25, 0.3) is 5.91 Å². The maximum atomic E-state index is 13.1. The van der Waals surface area contributed by atoms with Gasteiger partial charge in [-0.05, 0) is 52.7 Å². The van der Waals surface area contributed by atoms with Gasteiger partial charge in [-0.2, -0.15) is 4.31 Å². The van der Waals surface area contributed by atoms with Crippen molar-refractivity contribution in [2.75, 3.05) is 26.8 Å². The Hall–Kier alpha value is -2.46. The molecule has 0 unspecified atom stereocenters. The van der Waals surface area contributed by atoms with Gasteiger partial charge in [-0.25, -0.2) is 13.2 Å². The zero-order valence-corrected chi connectivity index (χ0v) is 20.1. The van der Waals surface area contributed by atoms with E-state index in [-0.39, 0.29) is 61.0 Å². The molecule has 10 heteroatoms. The fourth-order valence-electron chi connectivity index (χ4n) is 3.94. The maximum absolute atomic E-state index is 13.1. The molecule has 1 aromatic carbocycles. The molecule has 0 radical (unpaired) electrons. The highest BCUT2D eigenvalue weighted by molar-refractivity contribution is 7.89. The van der Waals surface area contributed by atoms with Crippen LogP contribution in [0.2, 0.25) is 0 Å². The summed E-state index contributed by atoms with van der Waals surface area (Å²) in [5.74, 6) is -1.98. The van der Waals surface area contributed by atoms with E-state index in [2.05, 4.69) is 4.74 Å². The monoisotopic (exact) mass is 468 g/mol. The molecule has 0 aliphatic carbocycles. The van der Waals surface area contributed by atoms with Gasteiger partial charge in [0.1, 0.15) is 0 Å². The first-order chi connectivity index (χ1) is 15.0. The smallest absolute Gasteiger partial charge is 0.339 e. The van der Waals surface area contributed by atoms with Crippen molar-refractivity contribution in [2.45, 2.75) is 57.5 Å². The van der Waals surface area contributed by atoms with Crippen LogP contribution in [0.25, 0.3) is 0 Å². The Kier molecular flexibility index (Phi) is 8.80. The molecule has 2 rings (SSSR count). The number of carbonyl (C=O) groups excluding carboxylic acids is 3. The van der Waals surface area contributed by atoms with Gasteiger partial charge in [-0.15, -0.1) is 0 Å². The van der Waals surface area contributed by atoms with E-state index in [4.69, 9.17) is 4.74 Å². The lowest BCUT2D eigenvalue weighted by atomic mass is 9.98. The molecule has 1 heterocycles. The van der Waals surface area contributed by atoms with E-state index >= 15 is 0 Å². The van der Waals surface area contributed by atoms with Gasteiger partial charge >= 0.3 is 11.9 Å². The van der Waals surface area contributed by atoms with Crippen molar-refractivity contribution in [1.29, 1.82) is 0 Å². The highest BCUT2D eigenvalue weighted by Gasteiger charge is 2.35. The van der Waals surface area contributed by atoms with Gasteiger partial charge in [0, 0.05) is 25.2 Å². The van der Waals surface area contributed by atoms with Crippen LogP contribution in [0.3, 0.4) is 0 Å². The number of ether oxygens (including phenoxy) is 2. The summed E-state index contributed by atoms with van der Waals surface area (Å²) in [7, 11) is -2.74. The summed E-state index contributed by atoms with van der Waals surface area (Å²) in [6, 6.07) is 5.84. The number of benzene rings is 1. The Bertz CT molecular complexity index is 927. The SMILES string of the molecule is COC(=O)c1ccccc1S(=O)(=O)N1CCC(C(=O)OCC(=O)N(C(C)C)C(C)C)CC1. The van der Waals surface area contributed by atoms with Crippen LogP contribution >= 0.6 is 0 Å². The lowest BCUT2D eigenvalue weighted by molar-refractivity contribution is -0.157. The zero-order chi connectivity index (χ0) is 24.1. The number of methoxy groups -OCH3 is 1. The molecular weight excluding hydrogens is 436 g/mol. The van der Waals surface area contributed by atoms with Gasteiger partial charge in [-0.1, -0.05) is 12.1 Å². The number of sulfonamides is 1. The van der Waals surface area contributed by atoms with Crippen molar-refractivity contribution >= 4 is 27.9 Å². The molecule has 9 nitrogen and oxygen atoms in total. The van der Waals surface area contributed by atoms with Crippen molar-refractivity contribution in [3.8, 4) is 0 Å². The normalized spacial score (nSPS) is 15.6. The van der Waals surface area contributed by atoms with Crippen LogP contribution in [0, 0.1) is 5.92 Å². The molecule has 32 heavy (non-hydrogen) atoms. The average Bonchev–Trinajstić information content (AvgIpc) is 2.76. The second-order valence-corrected chi connectivity index (χ2v) is 10.2. The highest BCUT2D eigenvalue weighted by Crippen LogP contribution is 2.27. The summed E-state index contributed by atoms with van der Waals surface area (Å²) >= 11 is 0. The number of esters is 2. The summed E-state index contributed by atoms with van der Waals surface area (Å²) in [6.45, 7) is 7.47. The molecule has 0 N–H and O–H groups in total. The van der Waals surface area contributed by atoms with Gasteiger partial charge in [0.05, 0.1) is 23.5 Å². The minimum atomic E-state index is -3.93. The van der Waals surface area contributed by atoms with E-state index in [1.165, 1.54) is 29.6 Å². The molecule has 0 bridgehead atoms. The quantitative estimate of drug-likeness (QED) is 0.537. The average molecular weight is 469 g/mol. The molecule has 178 valence electrons. The number of carbonyl (C=O) groups is 3. The predicted octanol–water partition coefficient (Wildman–Crippen LogP) is 2.06. The van der Waals surface area contributed by atoms with Crippen LogP contribution < -0.4 is 0 Å². The first-order valence-corrected chi connectivity index (χ1v) is 12.1. The number of nitrogens with zero attached hydrogens (tertiary/aromatic N) is 2. The summed E-state index contributed by atoms with van der Waals surface area (Å²) in [5, 5.41) is 0. The molecule has 1 aliphatic heterocycles. The fraction of sp³-hybridized carbons (Fsp3) is 0.591. The number of rotatable bonds is 8. The van der Waals surface area contributed by atoms with Crippen LogP contribution in [0.15, 0.2) is 29.2 Å². The van der Waals surface area contributed by atoms with Crippen LogP contribution in [-0.2, 0) is 29.1 Å². The van der Waals surface area contributed by atoms with Crippen LogP contribution in [0.5, 0.6) is 0 Å². The topological polar surface area (TPSA) is 110 Å². The largest absolute Gasteiger partial charge is 0.465 e. The molecule has 0 aromatic heterocycles. The molecule has 0 saturated carbocycles. The summed E-state index contributed by atoms with van der Waals surface area (Å²) in [4.78, 5) is 38.3. The van der Waals surface area contributed by atoms with Crippen molar-refractivity contribution < 1.29 is 32.3 Å². The van der Waals surface area contributed by atoms with Gasteiger partial charge in [0.2, 0.25) is 10.0 Å². The number of amides is 1. The van der Waals surface area contributed by atoms with Crippen molar-refractivity contribution in [3.63, 3.8) is 0 Å². The Morgan fingerprint density at radius 1 is 1.06 bits per heavy atom. The maximum Gasteiger partial charge on any atom is 0.339 e. The van der Waals surface area contributed by atoms with Gasteiger partial charge in [-0.3, -0.25) is 9.59 Å². The van der Waals surface area contributed by atoms with Crippen LogP contribution in [0.4, 0.5) is 0 Å². The summed E-state index contributed by atoms with van der Waals surface area (Å²) < 4.78 is 37.3. The van der Waals surface area contributed by atoms with Crippen molar-refractivity contribution in [3.05, 3.63) is 29.8 Å². The molecule has 1 aliphatic rings. The molecule has 0 spiro atoms. The standard InChI is InChI=1S/C22H32N2O7S/c1-15(2)24(16(3)4)20(25)14-31-21(26)17-10-12-23(13-11-17)32(28,29)19-9-7-6-8-18(19)22(27)30-5/h6-9,15-17H,10-14H2,1-5H3.